The minimum Gasteiger partial charge on any atom is -0.481 e. The predicted octanol–water partition coefficient (Wildman–Crippen LogP) is 10.2. The van der Waals surface area contributed by atoms with E-state index in [1.54, 1.807) is 0 Å². The lowest BCUT2D eigenvalue weighted by Crippen LogP contribution is -2.21. The third kappa shape index (κ3) is 25.8. The molecule has 0 amide bonds. The van der Waals surface area contributed by atoms with E-state index in [0.717, 1.165) is 19.3 Å². The number of carbonyl (C=O) groups excluding carboxylic acids is 1. The van der Waals surface area contributed by atoms with E-state index in [2.05, 4.69) is 19.1 Å². The minimum atomic E-state index is -0.916. The first kappa shape index (κ1) is 34.7. The van der Waals surface area contributed by atoms with Gasteiger partial charge in [0.2, 0.25) is 0 Å². The fraction of sp³-hybridized carbons (Fsp3) is 0.875. The Morgan fingerprint density at radius 2 is 1.03 bits per heavy atom. The van der Waals surface area contributed by atoms with Gasteiger partial charge in [0.15, 0.2) is 0 Å². The summed E-state index contributed by atoms with van der Waals surface area (Å²) in [4.78, 5) is 23.0. The zero-order chi connectivity index (χ0) is 26.5. The number of rotatable bonds is 28. The van der Waals surface area contributed by atoms with Gasteiger partial charge in [-0.15, -0.1) is 0 Å². The van der Waals surface area contributed by atoms with Gasteiger partial charge in [0, 0.05) is 0 Å². The Morgan fingerprint density at radius 3 is 1.44 bits per heavy atom. The fourth-order valence-electron chi connectivity index (χ4n) is 4.70. The molecule has 0 bridgehead atoms. The van der Waals surface area contributed by atoms with Crippen molar-refractivity contribution >= 4 is 11.9 Å². The van der Waals surface area contributed by atoms with Crippen molar-refractivity contribution in [1.29, 1.82) is 0 Å². The molecule has 212 valence electrons. The van der Waals surface area contributed by atoms with E-state index in [9.17, 15) is 9.59 Å². The molecule has 1 unspecified atom stereocenters. The molecule has 0 saturated heterocycles. The van der Waals surface area contributed by atoms with E-state index in [1.165, 1.54) is 122 Å². The van der Waals surface area contributed by atoms with Crippen LogP contribution in [-0.2, 0) is 14.3 Å². The zero-order valence-electron chi connectivity index (χ0n) is 24.1. The largest absolute Gasteiger partial charge is 0.481 e. The van der Waals surface area contributed by atoms with Gasteiger partial charge in [0.1, 0.15) is 0 Å². The molecule has 0 spiro atoms. The van der Waals surface area contributed by atoms with Crippen LogP contribution in [0.5, 0.6) is 0 Å². The Balaban J connectivity index is 3.36. The predicted molar refractivity (Wildman–Crippen MR) is 153 cm³/mol. The average Bonchev–Trinajstić information content (AvgIpc) is 2.86. The van der Waals surface area contributed by atoms with Crippen LogP contribution >= 0.6 is 0 Å². The van der Waals surface area contributed by atoms with Gasteiger partial charge in [0.05, 0.1) is 18.9 Å². The summed E-state index contributed by atoms with van der Waals surface area (Å²) in [5, 5.41) is 9.03. The third-order valence-electron chi connectivity index (χ3n) is 7.02. The molecule has 36 heavy (non-hydrogen) atoms. The van der Waals surface area contributed by atoms with Crippen molar-refractivity contribution in [2.45, 2.75) is 168 Å². The maximum absolute atomic E-state index is 12.0. The van der Waals surface area contributed by atoms with Crippen molar-refractivity contribution in [1.82, 2.24) is 0 Å². The number of ether oxygens (including phenoxy) is 1. The lowest BCUT2D eigenvalue weighted by molar-refractivity contribution is -0.153. The molecule has 1 atom stereocenters. The highest BCUT2D eigenvalue weighted by molar-refractivity contribution is 5.79. The van der Waals surface area contributed by atoms with Gasteiger partial charge in [-0.1, -0.05) is 142 Å². The number of unbranched alkanes of at least 4 members (excludes halogenated alkanes) is 19. The Bertz CT molecular complexity index is 514. The number of hydrogen-bond acceptors (Lipinski definition) is 3. The second-order valence-electron chi connectivity index (χ2n) is 10.7. The summed E-state index contributed by atoms with van der Waals surface area (Å²) < 4.78 is 5.15. The van der Waals surface area contributed by atoms with Crippen LogP contribution in [0.25, 0.3) is 0 Å². The summed E-state index contributed by atoms with van der Waals surface area (Å²) in [6.45, 7) is 4.58. The van der Waals surface area contributed by atoms with E-state index in [0.29, 0.717) is 13.0 Å². The molecular formula is C32H60O4. The lowest BCUT2D eigenvalue weighted by atomic mass is 9.97. The highest BCUT2D eigenvalue weighted by Gasteiger charge is 2.22. The number of carbonyl (C=O) groups is 2. The van der Waals surface area contributed by atoms with Crippen molar-refractivity contribution < 1.29 is 19.4 Å². The molecule has 0 radical (unpaired) electrons. The normalized spacial score (nSPS) is 12.3. The molecule has 0 aromatic carbocycles. The van der Waals surface area contributed by atoms with Crippen LogP contribution < -0.4 is 0 Å². The lowest BCUT2D eigenvalue weighted by Gasteiger charge is -2.13. The first-order valence-corrected chi connectivity index (χ1v) is 15.6. The van der Waals surface area contributed by atoms with Gasteiger partial charge in [-0.05, 0) is 32.1 Å². The van der Waals surface area contributed by atoms with Gasteiger partial charge in [-0.25, -0.2) is 0 Å². The summed E-state index contributed by atoms with van der Waals surface area (Å²) in [6, 6.07) is 0. The molecule has 0 aliphatic carbocycles. The van der Waals surface area contributed by atoms with Crippen LogP contribution in [0.3, 0.4) is 0 Å². The van der Waals surface area contributed by atoms with Crippen LogP contribution in [-0.4, -0.2) is 23.7 Å². The Morgan fingerprint density at radius 1 is 0.611 bits per heavy atom. The maximum atomic E-state index is 12.0. The van der Waals surface area contributed by atoms with Gasteiger partial charge in [-0.3, -0.25) is 9.59 Å². The van der Waals surface area contributed by atoms with Crippen LogP contribution in [0.1, 0.15) is 168 Å². The van der Waals surface area contributed by atoms with E-state index >= 15 is 0 Å². The molecule has 0 aromatic rings. The molecule has 0 aliphatic rings. The molecule has 4 heteroatoms. The fourth-order valence-corrected chi connectivity index (χ4v) is 4.70. The quantitative estimate of drug-likeness (QED) is 0.0648. The Labute approximate surface area is 224 Å². The maximum Gasteiger partial charge on any atom is 0.309 e. The number of allylic oxidation sites excluding steroid dienone is 2. The number of hydrogen-bond donors (Lipinski definition) is 1. The van der Waals surface area contributed by atoms with Crippen LogP contribution in [0.2, 0.25) is 0 Å². The molecular weight excluding hydrogens is 448 g/mol. The molecule has 1 N–H and O–H groups in total. The molecule has 0 aliphatic heterocycles. The molecule has 4 nitrogen and oxygen atoms in total. The summed E-state index contributed by atoms with van der Waals surface area (Å²) in [6.07, 6.45) is 33.6. The van der Waals surface area contributed by atoms with Crippen LogP contribution in [0, 0.1) is 5.92 Å². The number of carboxylic acid groups (broad SMARTS) is 1. The highest BCUT2D eigenvalue weighted by Crippen LogP contribution is 2.18. The van der Waals surface area contributed by atoms with E-state index in [-0.39, 0.29) is 12.4 Å². The molecule has 0 fully saturated rings. The SMILES string of the molecule is CCCC/C=C/CCCCCCCCCCCCCCCCCCCC(CC(=O)O)C(=O)OCCC. The van der Waals surface area contributed by atoms with Crippen molar-refractivity contribution in [3.63, 3.8) is 0 Å². The average molecular weight is 509 g/mol. The Hall–Kier alpha value is -1.32. The van der Waals surface area contributed by atoms with E-state index in [4.69, 9.17) is 9.84 Å². The van der Waals surface area contributed by atoms with Crippen molar-refractivity contribution in [3.8, 4) is 0 Å². The van der Waals surface area contributed by atoms with Gasteiger partial charge in [0.25, 0.3) is 0 Å². The van der Waals surface area contributed by atoms with Crippen molar-refractivity contribution in [2.24, 2.45) is 5.92 Å². The molecule has 0 aromatic heterocycles. The number of aliphatic carboxylic acids is 1. The van der Waals surface area contributed by atoms with E-state index < -0.39 is 11.9 Å². The van der Waals surface area contributed by atoms with Crippen molar-refractivity contribution in [3.05, 3.63) is 12.2 Å². The summed E-state index contributed by atoms with van der Waals surface area (Å²) in [7, 11) is 0. The van der Waals surface area contributed by atoms with Crippen LogP contribution in [0.15, 0.2) is 12.2 Å². The van der Waals surface area contributed by atoms with Crippen molar-refractivity contribution in [2.75, 3.05) is 6.61 Å². The first-order chi connectivity index (χ1) is 17.6. The monoisotopic (exact) mass is 508 g/mol. The number of carboxylic acids is 1. The van der Waals surface area contributed by atoms with Gasteiger partial charge in [-0.2, -0.15) is 0 Å². The second-order valence-corrected chi connectivity index (χ2v) is 10.7. The second kappa shape index (κ2) is 28.3. The molecule has 0 saturated carbocycles. The molecule has 0 heterocycles. The highest BCUT2D eigenvalue weighted by atomic mass is 16.5. The van der Waals surface area contributed by atoms with Gasteiger partial charge >= 0.3 is 11.9 Å². The standard InChI is InChI=1S/C32H60O4/c1-3-5-6-7-8-9-10-11-12-13-14-15-16-17-18-19-20-21-22-23-24-25-26-27-30(29-31(33)34)32(35)36-28-4-2/h7-8,30H,3-6,9-29H2,1-2H3,(H,33,34)/b8-7+. The Kier molecular flexibility index (Phi) is 27.2. The van der Waals surface area contributed by atoms with E-state index in [1.807, 2.05) is 6.92 Å². The third-order valence-corrected chi connectivity index (χ3v) is 7.02. The summed E-state index contributed by atoms with van der Waals surface area (Å²) in [5.74, 6) is -1.74. The smallest absolute Gasteiger partial charge is 0.309 e. The molecule has 0 rings (SSSR count). The van der Waals surface area contributed by atoms with Gasteiger partial charge < -0.3 is 9.84 Å². The number of esters is 1. The zero-order valence-corrected chi connectivity index (χ0v) is 24.1. The first-order valence-electron chi connectivity index (χ1n) is 15.6. The van der Waals surface area contributed by atoms with Crippen LogP contribution in [0.4, 0.5) is 0 Å². The topological polar surface area (TPSA) is 63.6 Å². The summed E-state index contributed by atoms with van der Waals surface area (Å²) in [5.41, 5.74) is 0. The summed E-state index contributed by atoms with van der Waals surface area (Å²) >= 11 is 0. The minimum absolute atomic E-state index is 0.111.